The fraction of sp³-hybridized carbons (Fsp3) is 0.769. The number of rotatable bonds is 5. The van der Waals surface area contributed by atoms with Crippen LogP contribution in [0.15, 0.2) is 12.4 Å². The van der Waals surface area contributed by atoms with Gasteiger partial charge in [-0.1, -0.05) is 0 Å². The second kappa shape index (κ2) is 6.17. The monoisotopic (exact) mass is 236 g/mol. The van der Waals surface area contributed by atoms with Crippen molar-refractivity contribution in [2.24, 2.45) is 11.7 Å². The first kappa shape index (κ1) is 12.6. The van der Waals surface area contributed by atoms with Gasteiger partial charge in [0, 0.05) is 25.5 Å². The van der Waals surface area contributed by atoms with Crippen LogP contribution in [0.4, 0.5) is 0 Å². The minimum Gasteiger partial charge on any atom is -0.334 e. The zero-order chi connectivity index (χ0) is 12.1. The van der Waals surface area contributed by atoms with Gasteiger partial charge in [0.2, 0.25) is 0 Å². The van der Waals surface area contributed by atoms with Crippen LogP contribution in [0.3, 0.4) is 0 Å². The van der Waals surface area contributed by atoms with E-state index in [2.05, 4.69) is 27.6 Å². The number of piperidine rings is 1. The van der Waals surface area contributed by atoms with Gasteiger partial charge in [-0.25, -0.2) is 4.98 Å². The Kier molecular flexibility index (Phi) is 4.57. The maximum absolute atomic E-state index is 5.65. The Balaban J connectivity index is 1.90. The van der Waals surface area contributed by atoms with Gasteiger partial charge in [-0.05, 0) is 45.2 Å². The summed E-state index contributed by atoms with van der Waals surface area (Å²) in [4.78, 5) is 6.97. The predicted molar refractivity (Wildman–Crippen MR) is 69.6 cm³/mol. The van der Waals surface area contributed by atoms with E-state index in [1.165, 1.54) is 38.2 Å². The zero-order valence-electron chi connectivity index (χ0n) is 10.8. The molecule has 0 aromatic carbocycles. The summed E-state index contributed by atoms with van der Waals surface area (Å²) in [6.07, 6.45) is 7.78. The molecule has 0 aliphatic carbocycles. The van der Waals surface area contributed by atoms with Gasteiger partial charge in [0.05, 0.1) is 6.54 Å². The molecule has 4 heteroatoms. The minimum absolute atomic E-state index is 0.791. The summed E-state index contributed by atoms with van der Waals surface area (Å²) in [5.74, 6) is 1.99. The van der Waals surface area contributed by atoms with E-state index in [0.29, 0.717) is 0 Å². The molecule has 1 saturated heterocycles. The van der Waals surface area contributed by atoms with Crippen LogP contribution in [0, 0.1) is 5.92 Å². The first-order valence-corrected chi connectivity index (χ1v) is 6.76. The highest BCUT2D eigenvalue weighted by molar-refractivity contribution is 4.92. The highest BCUT2D eigenvalue weighted by Crippen LogP contribution is 2.20. The van der Waals surface area contributed by atoms with E-state index in [0.717, 1.165) is 25.6 Å². The Hall–Kier alpha value is -0.870. The number of nitrogens with two attached hydrogens (primary N) is 1. The van der Waals surface area contributed by atoms with E-state index < -0.39 is 0 Å². The van der Waals surface area contributed by atoms with Crippen molar-refractivity contribution in [2.75, 3.05) is 19.6 Å². The van der Waals surface area contributed by atoms with Crippen LogP contribution in [0.2, 0.25) is 0 Å². The molecular weight excluding hydrogens is 212 g/mol. The van der Waals surface area contributed by atoms with Crippen LogP contribution in [0.25, 0.3) is 0 Å². The highest BCUT2D eigenvalue weighted by atomic mass is 15.2. The first-order chi connectivity index (χ1) is 8.33. The lowest BCUT2D eigenvalue weighted by Crippen LogP contribution is -2.36. The quantitative estimate of drug-likeness (QED) is 0.842. The molecule has 1 atom stereocenters. The van der Waals surface area contributed by atoms with Crippen molar-refractivity contribution in [3.05, 3.63) is 18.2 Å². The third kappa shape index (κ3) is 3.30. The molecular formula is C13H24N4. The van der Waals surface area contributed by atoms with Crippen molar-refractivity contribution >= 4 is 0 Å². The minimum atomic E-state index is 0.791. The number of aromatic nitrogens is 2. The topological polar surface area (TPSA) is 47.1 Å². The van der Waals surface area contributed by atoms with E-state index in [4.69, 9.17) is 5.73 Å². The summed E-state index contributed by atoms with van der Waals surface area (Å²) in [6.45, 7) is 7.38. The molecule has 1 fully saturated rings. The number of hydrogen-bond donors (Lipinski definition) is 1. The molecule has 96 valence electrons. The molecule has 2 rings (SSSR count). The Labute approximate surface area is 104 Å². The molecule has 4 nitrogen and oxygen atoms in total. The fourth-order valence-corrected chi connectivity index (χ4v) is 2.75. The average Bonchev–Trinajstić information content (AvgIpc) is 2.77. The molecule has 1 unspecified atom stereocenters. The van der Waals surface area contributed by atoms with Crippen molar-refractivity contribution in [2.45, 2.75) is 39.3 Å². The van der Waals surface area contributed by atoms with E-state index in [-0.39, 0.29) is 0 Å². The van der Waals surface area contributed by atoms with Crippen LogP contribution < -0.4 is 5.73 Å². The lowest BCUT2D eigenvalue weighted by molar-refractivity contribution is 0.158. The van der Waals surface area contributed by atoms with Crippen molar-refractivity contribution in [3.63, 3.8) is 0 Å². The van der Waals surface area contributed by atoms with Gasteiger partial charge in [-0.3, -0.25) is 4.90 Å². The van der Waals surface area contributed by atoms with E-state index >= 15 is 0 Å². The summed E-state index contributed by atoms with van der Waals surface area (Å²) in [7, 11) is 0. The number of imidazole rings is 1. The van der Waals surface area contributed by atoms with Crippen molar-refractivity contribution < 1.29 is 0 Å². The van der Waals surface area contributed by atoms with Crippen LogP contribution in [0.1, 0.15) is 32.0 Å². The van der Waals surface area contributed by atoms with Gasteiger partial charge >= 0.3 is 0 Å². The van der Waals surface area contributed by atoms with Crippen molar-refractivity contribution in [1.82, 2.24) is 14.5 Å². The van der Waals surface area contributed by atoms with Crippen LogP contribution in [-0.2, 0) is 13.1 Å². The Morgan fingerprint density at radius 1 is 1.53 bits per heavy atom. The summed E-state index contributed by atoms with van der Waals surface area (Å²) >= 11 is 0. The molecule has 0 saturated carbocycles. The number of likely N-dealkylation sites (tertiary alicyclic amines) is 1. The second-order valence-corrected chi connectivity index (χ2v) is 4.95. The van der Waals surface area contributed by atoms with Crippen molar-refractivity contribution in [3.8, 4) is 0 Å². The molecule has 0 radical (unpaired) electrons. The SMILES string of the molecule is CCn1ccnc1CN1CCCC(CCN)C1. The largest absolute Gasteiger partial charge is 0.334 e. The average molecular weight is 236 g/mol. The number of hydrogen-bond acceptors (Lipinski definition) is 3. The first-order valence-electron chi connectivity index (χ1n) is 6.76. The highest BCUT2D eigenvalue weighted by Gasteiger charge is 2.20. The van der Waals surface area contributed by atoms with E-state index in [1.807, 2.05) is 6.20 Å². The maximum Gasteiger partial charge on any atom is 0.122 e. The molecule has 1 aliphatic heterocycles. The Morgan fingerprint density at radius 2 is 2.41 bits per heavy atom. The maximum atomic E-state index is 5.65. The van der Waals surface area contributed by atoms with Crippen LogP contribution in [0.5, 0.6) is 0 Å². The number of aryl methyl sites for hydroxylation is 1. The summed E-state index contributed by atoms with van der Waals surface area (Å²) in [5.41, 5.74) is 5.65. The van der Waals surface area contributed by atoms with Crippen molar-refractivity contribution in [1.29, 1.82) is 0 Å². The molecule has 0 amide bonds. The predicted octanol–water partition coefficient (Wildman–Crippen LogP) is 1.46. The number of nitrogens with zero attached hydrogens (tertiary/aromatic N) is 3. The second-order valence-electron chi connectivity index (χ2n) is 4.95. The van der Waals surface area contributed by atoms with Gasteiger partial charge in [0.1, 0.15) is 5.82 Å². The third-order valence-corrected chi connectivity index (χ3v) is 3.69. The molecule has 1 aromatic rings. The fourth-order valence-electron chi connectivity index (χ4n) is 2.75. The molecule has 1 aromatic heterocycles. The van der Waals surface area contributed by atoms with Gasteiger partial charge in [0.15, 0.2) is 0 Å². The lowest BCUT2D eigenvalue weighted by Gasteiger charge is -2.32. The van der Waals surface area contributed by atoms with E-state index in [9.17, 15) is 0 Å². The zero-order valence-corrected chi connectivity index (χ0v) is 10.8. The Morgan fingerprint density at radius 3 is 3.18 bits per heavy atom. The van der Waals surface area contributed by atoms with Gasteiger partial charge < -0.3 is 10.3 Å². The van der Waals surface area contributed by atoms with Crippen LogP contribution in [-0.4, -0.2) is 34.1 Å². The molecule has 1 aliphatic rings. The molecule has 17 heavy (non-hydrogen) atoms. The summed E-state index contributed by atoms with van der Waals surface area (Å²) in [6, 6.07) is 0. The van der Waals surface area contributed by atoms with Gasteiger partial charge in [0.25, 0.3) is 0 Å². The summed E-state index contributed by atoms with van der Waals surface area (Å²) < 4.78 is 2.23. The lowest BCUT2D eigenvalue weighted by atomic mass is 9.95. The van der Waals surface area contributed by atoms with Gasteiger partial charge in [-0.15, -0.1) is 0 Å². The normalized spacial score (nSPS) is 21.9. The molecule has 2 N–H and O–H groups in total. The molecule has 0 spiro atoms. The molecule has 0 bridgehead atoms. The van der Waals surface area contributed by atoms with Gasteiger partial charge in [-0.2, -0.15) is 0 Å². The van der Waals surface area contributed by atoms with Crippen LogP contribution >= 0.6 is 0 Å². The molecule has 2 heterocycles. The smallest absolute Gasteiger partial charge is 0.122 e. The summed E-state index contributed by atoms with van der Waals surface area (Å²) in [5, 5.41) is 0. The third-order valence-electron chi connectivity index (χ3n) is 3.69. The van der Waals surface area contributed by atoms with E-state index in [1.54, 1.807) is 0 Å². The standard InChI is InChI=1S/C13H24N4/c1-2-17-9-7-15-13(17)11-16-8-3-4-12(10-16)5-6-14/h7,9,12H,2-6,8,10-11,14H2,1H3. The Bertz CT molecular complexity index is 332.